The van der Waals surface area contributed by atoms with Crippen molar-refractivity contribution >= 4 is 5.91 Å². The molecule has 32 heavy (non-hydrogen) atoms. The predicted molar refractivity (Wildman–Crippen MR) is 119 cm³/mol. The summed E-state index contributed by atoms with van der Waals surface area (Å²) in [6, 6.07) is 18.5. The molecule has 2 aromatic carbocycles. The molecule has 0 unspecified atom stereocenters. The molecular formula is C24H22FN5O2. The van der Waals surface area contributed by atoms with Crippen molar-refractivity contribution in [2.24, 2.45) is 0 Å². The minimum absolute atomic E-state index is 0.221. The Morgan fingerprint density at radius 3 is 2.41 bits per heavy atom. The second-order valence-electron chi connectivity index (χ2n) is 7.47. The number of hydrogen-bond acceptors (Lipinski definition) is 4. The maximum absolute atomic E-state index is 13.1. The van der Waals surface area contributed by atoms with Crippen LogP contribution >= 0.6 is 0 Å². The van der Waals surface area contributed by atoms with Crippen LogP contribution in [0.5, 0.6) is 0 Å². The van der Waals surface area contributed by atoms with Gasteiger partial charge >= 0.3 is 0 Å². The zero-order chi connectivity index (χ0) is 22.7. The number of benzene rings is 2. The van der Waals surface area contributed by atoms with Crippen LogP contribution in [0.25, 0.3) is 17.2 Å². The van der Waals surface area contributed by atoms with Crippen molar-refractivity contribution in [1.82, 2.24) is 24.6 Å². The number of amides is 1. The molecule has 0 atom stereocenters. The highest BCUT2D eigenvalue weighted by Gasteiger charge is 2.17. The lowest BCUT2D eigenvalue weighted by atomic mass is 10.1. The molecule has 1 amide bonds. The van der Waals surface area contributed by atoms with Crippen LogP contribution in [0.4, 0.5) is 4.39 Å². The van der Waals surface area contributed by atoms with E-state index in [1.54, 1.807) is 16.8 Å². The van der Waals surface area contributed by atoms with E-state index in [9.17, 15) is 14.0 Å². The van der Waals surface area contributed by atoms with Gasteiger partial charge in [0.05, 0.1) is 11.4 Å². The van der Waals surface area contributed by atoms with Crippen molar-refractivity contribution in [2.75, 3.05) is 0 Å². The maximum Gasteiger partial charge on any atom is 0.256 e. The molecule has 0 spiro atoms. The molecule has 0 saturated carbocycles. The Labute approximate surface area is 184 Å². The molecule has 4 rings (SSSR count). The Kier molecular flexibility index (Phi) is 5.93. The number of aryl methyl sites for hydroxylation is 2. The number of carbonyl (C=O) groups is 1. The first-order valence-electron chi connectivity index (χ1n) is 10.1. The third-order valence-corrected chi connectivity index (χ3v) is 4.96. The highest BCUT2D eigenvalue weighted by Crippen LogP contribution is 2.17. The summed E-state index contributed by atoms with van der Waals surface area (Å²) in [6.07, 6.45) is 0. The standard InChI is InChI=1S/C24H22FN5O2/c1-16-12-17(2)30(28-16)24-27-21(19-6-4-3-5-7-19)13-23(32)29(24)15-22(31)26-14-18-8-10-20(25)11-9-18/h3-13H,14-15H2,1-2H3,(H,26,31). The number of carbonyl (C=O) groups excluding carboxylic acids is 1. The lowest BCUT2D eigenvalue weighted by Crippen LogP contribution is -2.34. The summed E-state index contributed by atoms with van der Waals surface area (Å²) in [6.45, 7) is 3.71. The molecular weight excluding hydrogens is 409 g/mol. The summed E-state index contributed by atoms with van der Waals surface area (Å²) < 4.78 is 15.9. The normalized spacial score (nSPS) is 10.8. The predicted octanol–water partition coefficient (Wildman–Crippen LogP) is 3.17. The molecule has 0 bridgehead atoms. The summed E-state index contributed by atoms with van der Waals surface area (Å²) in [5.41, 5.74) is 3.25. The van der Waals surface area contributed by atoms with E-state index in [2.05, 4.69) is 15.4 Å². The van der Waals surface area contributed by atoms with Gasteiger partial charge in [-0.25, -0.2) is 14.1 Å². The van der Waals surface area contributed by atoms with E-state index in [1.807, 2.05) is 50.2 Å². The fourth-order valence-electron chi connectivity index (χ4n) is 3.39. The van der Waals surface area contributed by atoms with Gasteiger partial charge in [0.1, 0.15) is 12.4 Å². The van der Waals surface area contributed by atoms with Crippen molar-refractivity contribution in [1.29, 1.82) is 0 Å². The number of aromatic nitrogens is 4. The van der Waals surface area contributed by atoms with Gasteiger partial charge in [-0.15, -0.1) is 0 Å². The van der Waals surface area contributed by atoms with Crippen molar-refractivity contribution < 1.29 is 9.18 Å². The molecule has 7 nitrogen and oxygen atoms in total. The Morgan fingerprint density at radius 1 is 1.03 bits per heavy atom. The van der Waals surface area contributed by atoms with Gasteiger partial charge in [-0.1, -0.05) is 42.5 Å². The van der Waals surface area contributed by atoms with Gasteiger partial charge in [-0.05, 0) is 37.6 Å². The average Bonchev–Trinajstić information content (AvgIpc) is 3.13. The van der Waals surface area contributed by atoms with E-state index >= 15 is 0 Å². The molecule has 0 fully saturated rings. The van der Waals surface area contributed by atoms with Crippen molar-refractivity contribution in [3.63, 3.8) is 0 Å². The molecule has 0 radical (unpaired) electrons. The number of halogens is 1. The van der Waals surface area contributed by atoms with E-state index in [0.29, 0.717) is 5.69 Å². The molecule has 2 aromatic heterocycles. The van der Waals surface area contributed by atoms with Crippen molar-refractivity contribution in [2.45, 2.75) is 26.9 Å². The van der Waals surface area contributed by atoms with Crippen LogP contribution in [0.3, 0.4) is 0 Å². The first-order valence-corrected chi connectivity index (χ1v) is 10.1. The van der Waals surface area contributed by atoms with E-state index in [4.69, 9.17) is 0 Å². The van der Waals surface area contributed by atoms with Crippen LogP contribution in [0.2, 0.25) is 0 Å². The van der Waals surface area contributed by atoms with Crippen LogP contribution < -0.4 is 10.9 Å². The fourth-order valence-corrected chi connectivity index (χ4v) is 3.39. The van der Waals surface area contributed by atoms with Crippen LogP contribution in [0, 0.1) is 19.7 Å². The van der Waals surface area contributed by atoms with Gasteiger partial charge in [-0.2, -0.15) is 5.10 Å². The molecule has 0 aliphatic heterocycles. The van der Waals surface area contributed by atoms with E-state index in [-0.39, 0.29) is 36.3 Å². The topological polar surface area (TPSA) is 81.8 Å². The SMILES string of the molecule is Cc1cc(C)n(-c2nc(-c3ccccc3)cc(=O)n2CC(=O)NCc2ccc(F)cc2)n1. The quantitative estimate of drug-likeness (QED) is 0.508. The summed E-state index contributed by atoms with van der Waals surface area (Å²) in [4.78, 5) is 30.3. The highest BCUT2D eigenvalue weighted by atomic mass is 19.1. The minimum Gasteiger partial charge on any atom is -0.350 e. The lowest BCUT2D eigenvalue weighted by Gasteiger charge is -2.15. The first-order chi connectivity index (χ1) is 15.4. The molecule has 0 saturated heterocycles. The Balaban J connectivity index is 1.67. The fraction of sp³-hybridized carbons (Fsp3) is 0.167. The second kappa shape index (κ2) is 8.97. The van der Waals surface area contributed by atoms with Crippen molar-refractivity contribution in [3.8, 4) is 17.2 Å². The van der Waals surface area contributed by atoms with E-state index in [1.165, 1.54) is 22.8 Å². The van der Waals surface area contributed by atoms with Crippen LogP contribution in [0.1, 0.15) is 17.0 Å². The van der Waals surface area contributed by atoms with Gasteiger partial charge in [0.2, 0.25) is 11.9 Å². The Bertz CT molecular complexity index is 1310. The number of nitrogens with one attached hydrogen (secondary N) is 1. The van der Waals surface area contributed by atoms with Crippen LogP contribution in [0.15, 0.2) is 71.5 Å². The largest absolute Gasteiger partial charge is 0.350 e. The minimum atomic E-state index is -0.367. The zero-order valence-corrected chi connectivity index (χ0v) is 17.7. The number of rotatable bonds is 6. The van der Waals surface area contributed by atoms with Gasteiger partial charge in [0.25, 0.3) is 5.56 Å². The summed E-state index contributed by atoms with van der Waals surface area (Å²) in [5, 5.41) is 7.21. The second-order valence-corrected chi connectivity index (χ2v) is 7.47. The molecule has 162 valence electrons. The Morgan fingerprint density at radius 2 is 1.75 bits per heavy atom. The summed E-state index contributed by atoms with van der Waals surface area (Å²) in [7, 11) is 0. The molecule has 4 aromatic rings. The molecule has 2 heterocycles. The molecule has 0 aliphatic carbocycles. The van der Waals surface area contributed by atoms with Gasteiger partial charge in [0.15, 0.2) is 0 Å². The number of nitrogens with zero attached hydrogens (tertiary/aromatic N) is 4. The molecule has 0 aliphatic rings. The third-order valence-electron chi connectivity index (χ3n) is 4.96. The third kappa shape index (κ3) is 4.64. The summed E-state index contributed by atoms with van der Waals surface area (Å²) in [5.74, 6) is -0.446. The van der Waals surface area contributed by atoms with Crippen molar-refractivity contribution in [3.05, 3.63) is 99.9 Å². The van der Waals surface area contributed by atoms with E-state index in [0.717, 1.165) is 22.5 Å². The van der Waals surface area contributed by atoms with E-state index < -0.39 is 0 Å². The Hall–Kier alpha value is -4.07. The monoisotopic (exact) mass is 431 g/mol. The number of hydrogen-bond donors (Lipinski definition) is 1. The first kappa shape index (κ1) is 21.2. The lowest BCUT2D eigenvalue weighted by molar-refractivity contribution is -0.121. The average molecular weight is 431 g/mol. The zero-order valence-electron chi connectivity index (χ0n) is 17.7. The van der Waals surface area contributed by atoms with Gasteiger partial charge < -0.3 is 5.32 Å². The van der Waals surface area contributed by atoms with Gasteiger partial charge in [-0.3, -0.25) is 14.2 Å². The smallest absolute Gasteiger partial charge is 0.256 e. The summed E-state index contributed by atoms with van der Waals surface area (Å²) >= 11 is 0. The van der Waals surface area contributed by atoms with Crippen LogP contribution in [-0.4, -0.2) is 25.2 Å². The molecule has 8 heteroatoms. The van der Waals surface area contributed by atoms with Crippen LogP contribution in [-0.2, 0) is 17.9 Å². The maximum atomic E-state index is 13.1. The van der Waals surface area contributed by atoms with Gasteiger partial charge in [0, 0.05) is 23.9 Å². The highest BCUT2D eigenvalue weighted by molar-refractivity contribution is 5.76. The molecule has 1 N–H and O–H groups in total.